The highest BCUT2D eigenvalue weighted by Gasteiger charge is 2.18. The number of carbonyl (C=O) groups excluding carboxylic acids is 2. The van der Waals surface area contributed by atoms with Crippen LogP contribution in [-0.2, 0) is 14.3 Å². The number of hydrogen-bond donors (Lipinski definition) is 3. The van der Waals surface area contributed by atoms with Crippen LogP contribution in [-0.4, -0.2) is 47.4 Å². The molecule has 6 heteroatoms. The van der Waals surface area contributed by atoms with Gasteiger partial charge in [-0.15, -0.1) is 0 Å². The van der Waals surface area contributed by atoms with E-state index in [9.17, 15) is 19.8 Å². The van der Waals surface area contributed by atoms with Crippen LogP contribution in [0, 0.1) is 0 Å². The van der Waals surface area contributed by atoms with Crippen molar-refractivity contribution in [1.29, 1.82) is 0 Å². The highest BCUT2D eigenvalue weighted by Crippen LogP contribution is 2.17. The smallest absolute Gasteiger partial charge is 0.305 e. The van der Waals surface area contributed by atoms with Crippen LogP contribution in [0.2, 0.25) is 0 Å². The predicted octanol–water partition coefficient (Wildman–Crippen LogP) is 18.4. The van der Waals surface area contributed by atoms with Gasteiger partial charge in [-0.25, -0.2) is 0 Å². The van der Waals surface area contributed by atoms with Crippen molar-refractivity contribution in [3.63, 3.8) is 0 Å². The molecule has 0 radical (unpaired) electrons. The molecule has 0 saturated carbocycles. The second kappa shape index (κ2) is 56.7. The summed E-state index contributed by atoms with van der Waals surface area (Å²) >= 11 is 0. The summed E-state index contributed by atoms with van der Waals surface area (Å²) in [4.78, 5) is 24.5. The fourth-order valence-electron chi connectivity index (χ4n) is 9.10. The molecule has 0 rings (SSSR count). The zero-order valence-electron chi connectivity index (χ0n) is 44.9. The van der Waals surface area contributed by atoms with Gasteiger partial charge in [-0.2, -0.15) is 0 Å². The number of allylic oxidation sites excluding steroid dienone is 5. The van der Waals surface area contributed by atoms with Gasteiger partial charge in [-0.1, -0.05) is 275 Å². The van der Waals surface area contributed by atoms with E-state index in [1.807, 2.05) is 6.08 Å². The zero-order chi connectivity index (χ0) is 48.6. The summed E-state index contributed by atoms with van der Waals surface area (Å²) < 4.78 is 5.43. The van der Waals surface area contributed by atoms with Crippen molar-refractivity contribution in [2.75, 3.05) is 13.2 Å². The number of nitrogens with one attached hydrogen (secondary N) is 1. The Morgan fingerprint density at radius 2 is 0.731 bits per heavy atom. The van der Waals surface area contributed by atoms with Gasteiger partial charge in [0.15, 0.2) is 0 Å². The molecule has 0 aliphatic heterocycles. The van der Waals surface area contributed by atoms with Gasteiger partial charge >= 0.3 is 5.97 Å². The van der Waals surface area contributed by atoms with Gasteiger partial charge in [0.1, 0.15) is 0 Å². The summed E-state index contributed by atoms with van der Waals surface area (Å²) in [5.41, 5.74) is 0. The Morgan fingerprint density at radius 1 is 0.418 bits per heavy atom. The molecule has 0 aliphatic rings. The van der Waals surface area contributed by atoms with Gasteiger partial charge in [-0.05, 0) is 64.2 Å². The summed E-state index contributed by atoms with van der Waals surface area (Å²) in [5, 5.41) is 23.2. The van der Waals surface area contributed by atoms with E-state index in [1.165, 1.54) is 212 Å². The average Bonchev–Trinajstić information content (AvgIpc) is 3.33. The van der Waals surface area contributed by atoms with Crippen molar-refractivity contribution in [1.82, 2.24) is 5.32 Å². The first-order chi connectivity index (χ1) is 33.0. The minimum Gasteiger partial charge on any atom is -0.466 e. The molecule has 0 fully saturated rings. The third kappa shape index (κ3) is 53.3. The fourth-order valence-corrected chi connectivity index (χ4v) is 9.10. The summed E-state index contributed by atoms with van der Waals surface area (Å²) in [6.45, 7) is 4.86. The van der Waals surface area contributed by atoms with Crippen LogP contribution in [0.5, 0.6) is 0 Å². The lowest BCUT2D eigenvalue weighted by Crippen LogP contribution is -2.45. The SMILES string of the molecule is CCCCCCCCCCCCCCCCCCCCCCCC/C=C/C(O)C(CO)NC(=O)CCCCCCCC/C=C\C=C/CCCCCOC(=O)CCCCCCCCCCCCC. The molecule has 0 aromatic carbocycles. The van der Waals surface area contributed by atoms with Gasteiger partial charge in [-0.3, -0.25) is 9.59 Å². The monoisotopic (exact) mass is 942 g/mol. The number of amides is 1. The molecule has 0 aromatic heterocycles. The van der Waals surface area contributed by atoms with Crippen molar-refractivity contribution in [3.05, 3.63) is 36.5 Å². The van der Waals surface area contributed by atoms with Crippen LogP contribution in [0.1, 0.15) is 316 Å². The molecule has 2 atom stereocenters. The number of carbonyl (C=O) groups is 2. The van der Waals surface area contributed by atoms with Gasteiger partial charge in [0.05, 0.1) is 25.4 Å². The van der Waals surface area contributed by atoms with Gasteiger partial charge in [0.2, 0.25) is 5.91 Å². The predicted molar refractivity (Wildman–Crippen MR) is 292 cm³/mol. The minimum atomic E-state index is -0.860. The summed E-state index contributed by atoms with van der Waals surface area (Å²) in [6, 6.07) is -0.645. The molecule has 3 N–H and O–H groups in total. The van der Waals surface area contributed by atoms with E-state index in [-0.39, 0.29) is 18.5 Å². The standard InChI is InChI=1S/C61H115NO5/c1-3-5-7-9-11-13-15-16-17-18-19-20-21-22-23-24-25-27-30-34-37-41-45-49-53-59(64)58(57-63)62-60(65)54-50-46-42-38-35-31-28-26-29-32-36-40-44-48-52-56-67-61(66)55-51-47-43-39-33-14-12-10-8-6-4-2/h26,29,32,36,49,53,58-59,63-64H,3-25,27-28,30-31,33-35,37-48,50-52,54-57H2,1-2H3,(H,62,65)/b29-26-,36-32-,53-49+. The molecule has 0 spiro atoms. The highest BCUT2D eigenvalue weighted by molar-refractivity contribution is 5.76. The Labute approximate surface area is 417 Å². The van der Waals surface area contributed by atoms with Crippen LogP contribution in [0.15, 0.2) is 36.5 Å². The fraction of sp³-hybridized carbons (Fsp3) is 0.869. The summed E-state index contributed by atoms with van der Waals surface area (Å²) in [5.74, 6) is -0.111. The van der Waals surface area contributed by atoms with E-state index in [4.69, 9.17) is 4.74 Å². The summed E-state index contributed by atoms with van der Waals surface area (Å²) in [6.07, 6.45) is 70.3. The Bertz CT molecular complexity index is 1090. The lowest BCUT2D eigenvalue weighted by molar-refractivity contribution is -0.143. The second-order valence-electron chi connectivity index (χ2n) is 20.4. The van der Waals surface area contributed by atoms with Crippen LogP contribution in [0.4, 0.5) is 0 Å². The van der Waals surface area contributed by atoms with Gasteiger partial charge in [0.25, 0.3) is 0 Å². The largest absolute Gasteiger partial charge is 0.466 e. The van der Waals surface area contributed by atoms with E-state index < -0.39 is 12.1 Å². The molecule has 2 unspecified atom stereocenters. The molecule has 0 heterocycles. The van der Waals surface area contributed by atoms with E-state index in [2.05, 4.69) is 43.5 Å². The molecule has 0 bridgehead atoms. The van der Waals surface area contributed by atoms with Crippen LogP contribution < -0.4 is 5.32 Å². The maximum absolute atomic E-state index is 12.5. The molecule has 1 amide bonds. The molecule has 67 heavy (non-hydrogen) atoms. The van der Waals surface area contributed by atoms with Gasteiger partial charge < -0.3 is 20.3 Å². The molecule has 394 valence electrons. The lowest BCUT2D eigenvalue weighted by Gasteiger charge is -2.20. The lowest BCUT2D eigenvalue weighted by atomic mass is 10.0. The van der Waals surface area contributed by atoms with Crippen LogP contribution in [0.25, 0.3) is 0 Å². The minimum absolute atomic E-state index is 0.0229. The number of rotatable bonds is 55. The number of aliphatic hydroxyl groups is 2. The number of ether oxygens (including phenoxy) is 1. The topological polar surface area (TPSA) is 95.9 Å². The van der Waals surface area contributed by atoms with Crippen molar-refractivity contribution in [2.45, 2.75) is 328 Å². The maximum Gasteiger partial charge on any atom is 0.305 e. The number of aliphatic hydroxyl groups excluding tert-OH is 2. The van der Waals surface area contributed by atoms with Crippen molar-refractivity contribution in [2.24, 2.45) is 0 Å². The Morgan fingerprint density at radius 3 is 1.10 bits per heavy atom. The highest BCUT2D eigenvalue weighted by atomic mass is 16.5. The number of esters is 1. The second-order valence-corrected chi connectivity index (χ2v) is 20.4. The average molecular weight is 943 g/mol. The first-order valence-corrected chi connectivity index (χ1v) is 29.8. The van der Waals surface area contributed by atoms with Crippen molar-refractivity contribution >= 4 is 11.9 Å². The van der Waals surface area contributed by atoms with E-state index in [1.54, 1.807) is 6.08 Å². The normalized spacial score (nSPS) is 12.8. The molecule has 0 aromatic rings. The first-order valence-electron chi connectivity index (χ1n) is 29.8. The van der Waals surface area contributed by atoms with E-state index in [0.29, 0.717) is 19.4 Å². The third-order valence-corrected chi connectivity index (χ3v) is 13.7. The Kier molecular flexibility index (Phi) is 55.0. The molecular weight excluding hydrogens is 827 g/mol. The molecular formula is C61H115NO5. The third-order valence-electron chi connectivity index (χ3n) is 13.7. The maximum atomic E-state index is 12.5. The van der Waals surface area contributed by atoms with Crippen LogP contribution in [0.3, 0.4) is 0 Å². The molecule has 6 nitrogen and oxygen atoms in total. The Hall–Kier alpha value is -1.92. The number of hydrogen-bond acceptors (Lipinski definition) is 5. The zero-order valence-corrected chi connectivity index (χ0v) is 44.9. The summed E-state index contributed by atoms with van der Waals surface area (Å²) in [7, 11) is 0. The quantitative estimate of drug-likeness (QED) is 0.0244. The number of unbranched alkanes of at least 4 members (excludes halogenated alkanes) is 41. The molecule has 0 aliphatic carbocycles. The van der Waals surface area contributed by atoms with Crippen molar-refractivity contribution < 1.29 is 24.5 Å². The van der Waals surface area contributed by atoms with E-state index >= 15 is 0 Å². The van der Waals surface area contributed by atoms with Gasteiger partial charge in [0, 0.05) is 12.8 Å². The van der Waals surface area contributed by atoms with E-state index in [0.717, 1.165) is 77.0 Å². The molecule has 0 saturated heterocycles. The first kappa shape index (κ1) is 65.1. The van der Waals surface area contributed by atoms with Crippen LogP contribution >= 0.6 is 0 Å². The Balaban J connectivity index is 3.54. The van der Waals surface area contributed by atoms with Crippen molar-refractivity contribution in [3.8, 4) is 0 Å².